The minimum Gasteiger partial charge on any atom is -0.496 e. The Balaban J connectivity index is 1.40. The van der Waals surface area contributed by atoms with Gasteiger partial charge in [-0.3, -0.25) is 25.2 Å². The van der Waals surface area contributed by atoms with Crippen LogP contribution in [0.4, 0.5) is 0 Å². The number of aromatic nitrogens is 2. The fraction of sp³-hybridized carbons (Fsp3) is 0.267. The average molecular weight is 590 g/mol. The predicted molar refractivity (Wildman–Crippen MR) is 157 cm³/mol. The van der Waals surface area contributed by atoms with Crippen molar-refractivity contribution in [2.24, 2.45) is 0 Å². The summed E-state index contributed by atoms with van der Waals surface area (Å²) in [7, 11) is -2.47. The minimum atomic E-state index is -3.83. The molecule has 1 aliphatic heterocycles. The number of carbonyl (C=O) groups is 2. The van der Waals surface area contributed by atoms with Crippen LogP contribution in [-0.2, 0) is 16.6 Å². The van der Waals surface area contributed by atoms with Crippen LogP contribution in [0.2, 0.25) is 0 Å². The Morgan fingerprint density at radius 1 is 0.857 bits per heavy atom. The SMILES string of the molecule is COc1ccc(S(=O)(=O)N2CCCCCC2)cc1C(=O)NNC(=O)c1nn(Cc2ccccc2)c(=O)c2ccccc12. The zero-order valence-corrected chi connectivity index (χ0v) is 23.9. The van der Waals surface area contributed by atoms with E-state index in [0.717, 1.165) is 31.2 Å². The van der Waals surface area contributed by atoms with Gasteiger partial charge in [0.15, 0.2) is 5.69 Å². The molecule has 0 radical (unpaired) electrons. The molecule has 12 heteroatoms. The van der Waals surface area contributed by atoms with Crippen LogP contribution in [0, 0.1) is 0 Å². The van der Waals surface area contributed by atoms with E-state index in [1.165, 1.54) is 34.3 Å². The molecule has 0 atom stereocenters. The number of nitrogens with zero attached hydrogens (tertiary/aromatic N) is 3. The van der Waals surface area contributed by atoms with Crippen molar-refractivity contribution in [2.45, 2.75) is 37.1 Å². The lowest BCUT2D eigenvalue weighted by atomic mass is 10.1. The van der Waals surface area contributed by atoms with E-state index >= 15 is 0 Å². The van der Waals surface area contributed by atoms with Gasteiger partial charge in [-0.05, 0) is 42.7 Å². The number of sulfonamides is 1. The van der Waals surface area contributed by atoms with Crippen LogP contribution in [0.15, 0.2) is 82.5 Å². The summed E-state index contributed by atoms with van der Waals surface area (Å²) in [6.07, 6.45) is 3.48. The highest BCUT2D eigenvalue weighted by molar-refractivity contribution is 7.89. The number of rotatable bonds is 7. The maximum Gasteiger partial charge on any atom is 0.290 e. The molecule has 0 bridgehead atoms. The van der Waals surface area contributed by atoms with Gasteiger partial charge in [0.05, 0.1) is 29.5 Å². The van der Waals surface area contributed by atoms with Crippen LogP contribution in [0.1, 0.15) is 52.1 Å². The molecule has 0 spiro atoms. The van der Waals surface area contributed by atoms with Crippen molar-refractivity contribution >= 4 is 32.6 Å². The molecular weight excluding hydrogens is 558 g/mol. The van der Waals surface area contributed by atoms with Gasteiger partial charge < -0.3 is 4.74 Å². The Morgan fingerprint density at radius 3 is 2.19 bits per heavy atom. The summed E-state index contributed by atoms with van der Waals surface area (Å²) >= 11 is 0. The van der Waals surface area contributed by atoms with Gasteiger partial charge in [0.2, 0.25) is 10.0 Å². The van der Waals surface area contributed by atoms with Crippen LogP contribution in [0.25, 0.3) is 10.8 Å². The first-order valence-corrected chi connectivity index (χ1v) is 15.1. The average Bonchev–Trinajstić information content (AvgIpc) is 3.32. The lowest BCUT2D eigenvalue weighted by Gasteiger charge is -2.20. The summed E-state index contributed by atoms with van der Waals surface area (Å²) in [5, 5.41) is 4.94. The largest absolute Gasteiger partial charge is 0.496 e. The van der Waals surface area contributed by atoms with E-state index in [0.29, 0.717) is 23.9 Å². The Bertz CT molecular complexity index is 1780. The zero-order chi connectivity index (χ0) is 29.7. The van der Waals surface area contributed by atoms with Crippen molar-refractivity contribution in [1.29, 1.82) is 0 Å². The van der Waals surface area contributed by atoms with Crippen LogP contribution in [-0.4, -0.2) is 54.5 Å². The predicted octanol–water partition coefficient (Wildman–Crippen LogP) is 3.09. The highest BCUT2D eigenvalue weighted by Crippen LogP contribution is 2.26. The van der Waals surface area contributed by atoms with E-state index in [4.69, 9.17) is 4.74 Å². The number of carbonyl (C=O) groups excluding carboxylic acids is 2. The van der Waals surface area contributed by atoms with Crippen molar-refractivity contribution in [1.82, 2.24) is 24.9 Å². The molecule has 2 N–H and O–H groups in total. The molecule has 11 nitrogen and oxygen atoms in total. The molecule has 1 aliphatic rings. The number of hydrogen-bond donors (Lipinski definition) is 2. The van der Waals surface area contributed by atoms with Gasteiger partial charge in [-0.25, -0.2) is 13.1 Å². The summed E-state index contributed by atoms with van der Waals surface area (Å²) in [6, 6.07) is 19.9. The summed E-state index contributed by atoms with van der Waals surface area (Å²) < 4.78 is 34.6. The van der Waals surface area contributed by atoms with Crippen LogP contribution in [0.3, 0.4) is 0 Å². The van der Waals surface area contributed by atoms with Gasteiger partial charge in [-0.15, -0.1) is 0 Å². The van der Waals surface area contributed by atoms with Crippen molar-refractivity contribution in [3.8, 4) is 5.75 Å². The lowest BCUT2D eigenvalue weighted by Crippen LogP contribution is -2.43. The zero-order valence-electron chi connectivity index (χ0n) is 23.1. The number of nitrogens with one attached hydrogen (secondary N) is 2. The third-order valence-electron chi connectivity index (χ3n) is 7.17. The van der Waals surface area contributed by atoms with Gasteiger partial charge in [-0.1, -0.05) is 61.4 Å². The maximum atomic E-state index is 13.3. The summed E-state index contributed by atoms with van der Waals surface area (Å²) in [6.45, 7) is 0.977. The summed E-state index contributed by atoms with van der Waals surface area (Å²) in [5.41, 5.74) is 5.01. The number of fused-ring (bicyclic) bond motifs is 1. The highest BCUT2D eigenvalue weighted by atomic mass is 32.2. The molecular formula is C30H31N5O6S. The Hall–Kier alpha value is -4.55. The third-order valence-corrected chi connectivity index (χ3v) is 9.06. The van der Waals surface area contributed by atoms with E-state index in [1.807, 2.05) is 30.3 Å². The van der Waals surface area contributed by atoms with E-state index in [9.17, 15) is 22.8 Å². The molecule has 3 aromatic carbocycles. The molecule has 0 saturated carbocycles. The monoisotopic (exact) mass is 589 g/mol. The molecule has 218 valence electrons. The fourth-order valence-electron chi connectivity index (χ4n) is 4.96. The van der Waals surface area contributed by atoms with Gasteiger partial charge in [0, 0.05) is 18.5 Å². The molecule has 4 aromatic rings. The number of hydrazine groups is 1. The minimum absolute atomic E-state index is 0.0395. The van der Waals surface area contributed by atoms with Crippen LogP contribution >= 0.6 is 0 Å². The molecule has 1 fully saturated rings. The smallest absolute Gasteiger partial charge is 0.290 e. The second-order valence-electron chi connectivity index (χ2n) is 9.93. The third kappa shape index (κ3) is 6.04. The van der Waals surface area contributed by atoms with E-state index in [2.05, 4.69) is 16.0 Å². The Labute approximate surface area is 243 Å². The van der Waals surface area contributed by atoms with E-state index < -0.39 is 21.8 Å². The molecule has 2 amide bonds. The first kappa shape index (κ1) is 29.0. The molecule has 42 heavy (non-hydrogen) atoms. The van der Waals surface area contributed by atoms with Crippen LogP contribution in [0.5, 0.6) is 5.75 Å². The van der Waals surface area contributed by atoms with Gasteiger partial charge in [0.1, 0.15) is 5.75 Å². The number of ether oxygens (including phenoxy) is 1. The van der Waals surface area contributed by atoms with Crippen molar-refractivity contribution < 1.29 is 22.7 Å². The number of amides is 2. The molecule has 1 aromatic heterocycles. The van der Waals surface area contributed by atoms with Crippen molar-refractivity contribution in [3.63, 3.8) is 0 Å². The normalized spacial score (nSPS) is 14.2. The number of benzene rings is 3. The van der Waals surface area contributed by atoms with E-state index in [1.54, 1.807) is 24.3 Å². The van der Waals surface area contributed by atoms with Gasteiger partial charge >= 0.3 is 0 Å². The molecule has 5 rings (SSSR count). The molecule has 0 aliphatic carbocycles. The van der Waals surface area contributed by atoms with Crippen molar-refractivity contribution in [3.05, 3.63) is 100.0 Å². The first-order valence-electron chi connectivity index (χ1n) is 13.6. The number of hydrogen-bond acceptors (Lipinski definition) is 7. The van der Waals surface area contributed by atoms with E-state index in [-0.39, 0.29) is 34.0 Å². The standard InChI is InChI=1S/C30H31N5O6S/c1-41-26-16-15-22(42(39,40)34-17-9-2-3-10-18-34)19-25(26)28(36)31-32-29(37)27-23-13-7-8-14-24(23)30(38)35(33-27)20-21-11-5-4-6-12-21/h4-8,11-16,19H,2-3,9-10,17-18,20H2,1H3,(H,31,36)(H,32,37). The maximum absolute atomic E-state index is 13.3. The van der Waals surface area contributed by atoms with Gasteiger partial charge in [-0.2, -0.15) is 9.40 Å². The second kappa shape index (κ2) is 12.5. The second-order valence-corrected chi connectivity index (χ2v) is 11.9. The highest BCUT2D eigenvalue weighted by Gasteiger charge is 2.27. The fourth-order valence-corrected chi connectivity index (χ4v) is 6.51. The van der Waals surface area contributed by atoms with Gasteiger partial charge in [0.25, 0.3) is 17.4 Å². The number of methoxy groups -OCH3 is 1. The lowest BCUT2D eigenvalue weighted by molar-refractivity contribution is 0.0842. The Kier molecular flexibility index (Phi) is 8.64. The first-order chi connectivity index (χ1) is 20.3. The summed E-state index contributed by atoms with van der Waals surface area (Å²) in [4.78, 5) is 39.6. The summed E-state index contributed by atoms with van der Waals surface area (Å²) in [5.74, 6) is -1.40. The quantitative estimate of drug-likeness (QED) is 0.316. The molecule has 0 unspecified atom stereocenters. The molecule has 2 heterocycles. The Morgan fingerprint density at radius 2 is 1.50 bits per heavy atom. The van der Waals surface area contributed by atoms with Crippen molar-refractivity contribution in [2.75, 3.05) is 20.2 Å². The molecule has 1 saturated heterocycles. The van der Waals surface area contributed by atoms with Crippen LogP contribution < -0.4 is 21.1 Å². The topological polar surface area (TPSA) is 140 Å².